The number of hydrogen-bond acceptors (Lipinski definition) is 6. The van der Waals surface area contributed by atoms with Crippen molar-refractivity contribution in [2.45, 2.75) is 34.8 Å². The number of thioether (sulfide) groups is 2. The van der Waals surface area contributed by atoms with Crippen molar-refractivity contribution >= 4 is 52.6 Å². The Balaban J connectivity index is 1.63. The summed E-state index contributed by atoms with van der Waals surface area (Å²) < 4.78 is 0. The van der Waals surface area contributed by atoms with Gasteiger partial charge in [0.15, 0.2) is 0 Å². The zero-order valence-corrected chi connectivity index (χ0v) is 19.4. The first kappa shape index (κ1) is 23.4. The lowest BCUT2D eigenvalue weighted by Gasteiger charge is -2.12. The zero-order valence-electron chi connectivity index (χ0n) is 17.0. The third-order valence-corrected chi connectivity index (χ3v) is 6.78. The second-order valence-electron chi connectivity index (χ2n) is 6.73. The number of rotatable bonds is 9. The number of hydrogen-bond donors (Lipinski definition) is 0. The predicted molar refractivity (Wildman–Crippen MR) is 129 cm³/mol. The molecule has 4 nitrogen and oxygen atoms in total. The van der Waals surface area contributed by atoms with E-state index in [9.17, 15) is 9.59 Å². The summed E-state index contributed by atoms with van der Waals surface area (Å²) >= 11 is 9.25. The Bertz CT molecular complexity index is 998. The summed E-state index contributed by atoms with van der Waals surface area (Å²) in [5.41, 5.74) is 0.739. The molecule has 2 aromatic carbocycles. The highest BCUT2D eigenvalue weighted by molar-refractivity contribution is 8.00. The molecule has 1 aliphatic rings. The van der Waals surface area contributed by atoms with E-state index in [1.165, 1.54) is 6.92 Å². The fraction of sp³-hybridized carbons (Fsp3) is 0.208. The fourth-order valence-electron chi connectivity index (χ4n) is 2.79. The van der Waals surface area contributed by atoms with Gasteiger partial charge in [0.05, 0.1) is 0 Å². The molecule has 3 rings (SSSR count). The Hall–Kier alpha value is -2.28. The van der Waals surface area contributed by atoms with E-state index in [1.807, 2.05) is 42.5 Å². The molecule has 2 aromatic rings. The van der Waals surface area contributed by atoms with Crippen LogP contribution >= 0.6 is 35.1 Å². The quantitative estimate of drug-likeness (QED) is 0.135. The summed E-state index contributed by atoms with van der Waals surface area (Å²) in [7, 11) is 0. The molecule has 7 heteroatoms. The molecule has 0 radical (unpaired) electrons. The number of benzene rings is 2. The van der Waals surface area contributed by atoms with E-state index >= 15 is 0 Å². The summed E-state index contributed by atoms with van der Waals surface area (Å²) in [5, 5.41) is 4.90. The molecule has 0 N–H and O–H groups in total. The van der Waals surface area contributed by atoms with Crippen molar-refractivity contribution in [2.75, 3.05) is 5.75 Å². The maximum Gasteiger partial charge on any atom is 0.331 e. The van der Waals surface area contributed by atoms with Crippen molar-refractivity contribution < 1.29 is 14.4 Å². The fourth-order valence-corrected chi connectivity index (χ4v) is 4.79. The molecule has 0 fully saturated rings. The molecule has 1 atom stereocenters. The zero-order chi connectivity index (χ0) is 22.1. The van der Waals surface area contributed by atoms with Crippen molar-refractivity contribution in [3.05, 3.63) is 83.4 Å². The van der Waals surface area contributed by atoms with Crippen LogP contribution in [0.15, 0.2) is 87.8 Å². The second kappa shape index (κ2) is 11.9. The Labute approximate surface area is 195 Å². The molecule has 1 aliphatic carbocycles. The van der Waals surface area contributed by atoms with Crippen LogP contribution in [0.3, 0.4) is 0 Å². The smallest absolute Gasteiger partial charge is 0.318 e. The molecule has 160 valence electrons. The number of carbonyl (C=O) groups is 2. The lowest BCUT2D eigenvalue weighted by molar-refractivity contribution is -0.140. The van der Waals surface area contributed by atoms with Crippen molar-refractivity contribution in [1.29, 1.82) is 0 Å². The minimum Gasteiger partial charge on any atom is -0.318 e. The lowest BCUT2D eigenvalue weighted by Crippen LogP contribution is -2.16. The molecular formula is C24H22ClNO3S2. The van der Waals surface area contributed by atoms with Crippen LogP contribution in [0, 0.1) is 0 Å². The highest BCUT2D eigenvalue weighted by atomic mass is 35.5. The number of Topliss-reactive ketones (excluding diaryl/α,β-unsaturated/α-hetero) is 1. The molecule has 1 unspecified atom stereocenters. The number of halogens is 1. The van der Waals surface area contributed by atoms with E-state index in [0.717, 1.165) is 16.2 Å². The summed E-state index contributed by atoms with van der Waals surface area (Å²) in [6.45, 7) is 1.26. The van der Waals surface area contributed by atoms with Crippen LogP contribution in [0.5, 0.6) is 0 Å². The number of ketones is 1. The van der Waals surface area contributed by atoms with Gasteiger partial charge in [0, 0.05) is 44.7 Å². The summed E-state index contributed by atoms with van der Waals surface area (Å²) in [4.78, 5) is 31.1. The molecular weight excluding hydrogens is 450 g/mol. The number of carbonyl (C=O) groups excluding carboxylic acids is 2. The maximum atomic E-state index is 13.0. The minimum atomic E-state index is -0.558. The first-order chi connectivity index (χ1) is 15.0. The van der Waals surface area contributed by atoms with E-state index in [4.69, 9.17) is 16.4 Å². The van der Waals surface area contributed by atoms with E-state index in [0.29, 0.717) is 28.0 Å². The van der Waals surface area contributed by atoms with Crippen molar-refractivity contribution in [1.82, 2.24) is 0 Å². The van der Waals surface area contributed by atoms with Crippen LogP contribution in [-0.2, 0) is 9.63 Å². The van der Waals surface area contributed by atoms with Crippen molar-refractivity contribution in [3.8, 4) is 0 Å². The predicted octanol–water partition coefficient (Wildman–Crippen LogP) is 6.60. The average Bonchev–Trinajstić information content (AvgIpc) is 2.78. The van der Waals surface area contributed by atoms with Gasteiger partial charge in [-0.1, -0.05) is 41.1 Å². The SMILES string of the molecule is CC(=O)O/N=C(\CCSc1ccc(Cl)cc1)C(=O)c1ccc(SC2C=CC=CC2)cc1. The average molecular weight is 472 g/mol. The van der Waals surface area contributed by atoms with Gasteiger partial charge in [-0.2, -0.15) is 0 Å². The molecule has 0 aromatic heterocycles. The Morgan fingerprint density at radius 2 is 1.77 bits per heavy atom. The van der Waals surface area contributed by atoms with Crippen LogP contribution in [0.4, 0.5) is 0 Å². The minimum absolute atomic E-state index is 0.220. The molecule has 0 saturated carbocycles. The van der Waals surface area contributed by atoms with Gasteiger partial charge in [-0.3, -0.25) is 4.79 Å². The van der Waals surface area contributed by atoms with Crippen LogP contribution in [0.2, 0.25) is 5.02 Å². The largest absolute Gasteiger partial charge is 0.331 e. The highest BCUT2D eigenvalue weighted by Crippen LogP contribution is 2.28. The summed E-state index contributed by atoms with van der Waals surface area (Å²) in [5.74, 6) is -0.185. The second-order valence-corrected chi connectivity index (χ2v) is 9.65. The lowest BCUT2D eigenvalue weighted by atomic mass is 10.1. The third kappa shape index (κ3) is 7.73. The first-order valence-corrected chi connectivity index (χ1v) is 12.0. The Morgan fingerprint density at radius 3 is 2.42 bits per heavy atom. The van der Waals surface area contributed by atoms with Crippen molar-refractivity contribution in [2.24, 2.45) is 5.16 Å². The maximum absolute atomic E-state index is 13.0. The number of oxime groups is 1. The molecule has 0 heterocycles. The van der Waals surface area contributed by atoms with Gasteiger partial charge in [0.25, 0.3) is 0 Å². The summed E-state index contributed by atoms with van der Waals surface area (Å²) in [6.07, 6.45) is 9.79. The van der Waals surface area contributed by atoms with Crippen LogP contribution in [-0.4, -0.2) is 28.5 Å². The van der Waals surface area contributed by atoms with Gasteiger partial charge < -0.3 is 4.84 Å². The Morgan fingerprint density at radius 1 is 1.06 bits per heavy atom. The van der Waals surface area contributed by atoms with Gasteiger partial charge in [-0.15, -0.1) is 23.5 Å². The number of nitrogens with zero attached hydrogens (tertiary/aromatic N) is 1. The molecule has 0 spiro atoms. The van der Waals surface area contributed by atoms with Crippen molar-refractivity contribution in [3.63, 3.8) is 0 Å². The van der Waals surface area contributed by atoms with Gasteiger partial charge in [0.1, 0.15) is 5.71 Å². The van der Waals surface area contributed by atoms with E-state index in [2.05, 4.69) is 23.4 Å². The van der Waals surface area contributed by atoms with Crippen LogP contribution < -0.4 is 0 Å². The van der Waals surface area contributed by atoms with Gasteiger partial charge in [-0.05, 0) is 55.0 Å². The number of allylic oxidation sites excluding steroid dienone is 3. The molecule has 0 aliphatic heterocycles. The van der Waals surface area contributed by atoms with Crippen LogP contribution in [0.25, 0.3) is 0 Å². The topological polar surface area (TPSA) is 55.7 Å². The van der Waals surface area contributed by atoms with Crippen LogP contribution in [0.1, 0.15) is 30.1 Å². The van der Waals surface area contributed by atoms with E-state index in [1.54, 1.807) is 35.7 Å². The van der Waals surface area contributed by atoms with Gasteiger partial charge in [0.2, 0.25) is 5.78 Å². The first-order valence-electron chi connectivity index (χ1n) is 9.79. The summed E-state index contributed by atoms with van der Waals surface area (Å²) in [6, 6.07) is 15.0. The standard InChI is InChI=1S/C24H22ClNO3S2/c1-17(27)29-26-23(15-16-30-20-13-9-19(25)10-14-20)24(28)18-7-11-22(12-8-18)31-21-5-3-2-4-6-21/h2-5,7-14,21H,6,15-16H2,1H3/b26-23+. The van der Waals surface area contributed by atoms with Gasteiger partial charge >= 0.3 is 5.97 Å². The molecule has 0 bridgehead atoms. The highest BCUT2D eigenvalue weighted by Gasteiger charge is 2.16. The molecule has 31 heavy (non-hydrogen) atoms. The monoisotopic (exact) mass is 471 g/mol. The molecule has 0 saturated heterocycles. The van der Waals surface area contributed by atoms with E-state index in [-0.39, 0.29) is 11.5 Å². The van der Waals surface area contributed by atoms with Gasteiger partial charge in [-0.25, -0.2) is 4.79 Å². The third-order valence-electron chi connectivity index (χ3n) is 4.31. The Kier molecular flexibility index (Phi) is 9.00. The normalized spacial score (nSPS) is 15.7. The molecule has 0 amide bonds. The van der Waals surface area contributed by atoms with E-state index < -0.39 is 5.97 Å².